The number of nitrogens with one attached hydrogen (secondary N) is 2. The van der Waals surface area contributed by atoms with E-state index in [0.29, 0.717) is 0 Å². The molecule has 0 aliphatic heterocycles. The molecule has 0 bridgehead atoms. The van der Waals surface area contributed by atoms with Crippen molar-refractivity contribution >= 4 is 23.8 Å². The van der Waals surface area contributed by atoms with Gasteiger partial charge >= 0.3 is 12.0 Å². The van der Waals surface area contributed by atoms with E-state index >= 15 is 0 Å². The summed E-state index contributed by atoms with van der Waals surface area (Å²) in [5.41, 5.74) is 4.49. The SMILES string of the molecule is CC(C(=O)O)=C(C)C(=O)NC(=O)NCC(N)=O. The van der Waals surface area contributed by atoms with E-state index in [1.165, 1.54) is 13.8 Å². The first-order chi connectivity index (χ1) is 7.75. The van der Waals surface area contributed by atoms with Crippen LogP contribution in [0, 0.1) is 0 Å². The number of carbonyl (C=O) groups is 4. The number of carboxylic acids is 1. The van der Waals surface area contributed by atoms with Gasteiger partial charge in [-0.3, -0.25) is 14.9 Å². The lowest BCUT2D eigenvalue weighted by atomic mass is 10.1. The highest BCUT2D eigenvalue weighted by Crippen LogP contribution is 2.02. The Morgan fingerprint density at radius 2 is 1.65 bits per heavy atom. The predicted octanol–water partition coefficient (Wildman–Crippen LogP) is -1.28. The van der Waals surface area contributed by atoms with Gasteiger partial charge in [0.25, 0.3) is 5.91 Å². The molecule has 0 heterocycles. The highest BCUT2D eigenvalue weighted by atomic mass is 16.4. The van der Waals surface area contributed by atoms with E-state index in [1.807, 2.05) is 10.6 Å². The van der Waals surface area contributed by atoms with Crippen molar-refractivity contribution in [3.63, 3.8) is 0 Å². The Morgan fingerprint density at radius 3 is 2.06 bits per heavy atom. The van der Waals surface area contributed by atoms with E-state index < -0.39 is 30.4 Å². The van der Waals surface area contributed by atoms with Gasteiger partial charge in [-0.05, 0) is 13.8 Å². The number of urea groups is 1. The van der Waals surface area contributed by atoms with Crippen LogP contribution < -0.4 is 16.4 Å². The molecule has 94 valence electrons. The van der Waals surface area contributed by atoms with Crippen molar-refractivity contribution in [2.24, 2.45) is 5.73 Å². The number of imide groups is 1. The van der Waals surface area contributed by atoms with Crippen LogP contribution in [-0.2, 0) is 14.4 Å². The van der Waals surface area contributed by atoms with Gasteiger partial charge in [0.15, 0.2) is 0 Å². The highest BCUT2D eigenvalue weighted by molar-refractivity contribution is 6.07. The van der Waals surface area contributed by atoms with Gasteiger partial charge in [0, 0.05) is 11.1 Å². The van der Waals surface area contributed by atoms with Crippen LogP contribution in [0.2, 0.25) is 0 Å². The lowest BCUT2D eigenvalue weighted by Gasteiger charge is -2.06. The van der Waals surface area contributed by atoms with E-state index in [1.54, 1.807) is 0 Å². The molecule has 8 nitrogen and oxygen atoms in total. The van der Waals surface area contributed by atoms with Gasteiger partial charge in [-0.1, -0.05) is 0 Å². The molecule has 0 atom stereocenters. The van der Waals surface area contributed by atoms with Crippen LogP contribution in [0.3, 0.4) is 0 Å². The van der Waals surface area contributed by atoms with Crippen LogP contribution in [0.4, 0.5) is 4.79 Å². The molecule has 0 saturated heterocycles. The molecule has 0 radical (unpaired) electrons. The van der Waals surface area contributed by atoms with Gasteiger partial charge in [0.05, 0.1) is 6.54 Å². The van der Waals surface area contributed by atoms with Gasteiger partial charge < -0.3 is 16.2 Å². The first kappa shape index (κ1) is 14.6. The van der Waals surface area contributed by atoms with Crippen molar-refractivity contribution in [1.29, 1.82) is 0 Å². The van der Waals surface area contributed by atoms with E-state index in [-0.39, 0.29) is 11.1 Å². The van der Waals surface area contributed by atoms with Crippen molar-refractivity contribution in [2.75, 3.05) is 6.54 Å². The number of carbonyl (C=O) groups excluding carboxylic acids is 3. The maximum absolute atomic E-state index is 11.3. The monoisotopic (exact) mass is 243 g/mol. The Balaban J connectivity index is 4.46. The third-order valence-corrected chi connectivity index (χ3v) is 1.87. The first-order valence-corrected chi connectivity index (χ1v) is 4.54. The molecular weight excluding hydrogens is 230 g/mol. The Hall–Kier alpha value is -2.38. The molecule has 0 spiro atoms. The number of hydrogen-bond donors (Lipinski definition) is 4. The summed E-state index contributed by atoms with van der Waals surface area (Å²) in [4.78, 5) is 43.2. The van der Waals surface area contributed by atoms with Crippen molar-refractivity contribution in [1.82, 2.24) is 10.6 Å². The normalized spacial score (nSPS) is 11.2. The van der Waals surface area contributed by atoms with Gasteiger partial charge in [0.1, 0.15) is 0 Å². The van der Waals surface area contributed by atoms with Gasteiger partial charge in [-0.25, -0.2) is 9.59 Å². The zero-order valence-corrected chi connectivity index (χ0v) is 9.36. The molecule has 0 aromatic carbocycles. The molecule has 17 heavy (non-hydrogen) atoms. The fourth-order valence-electron chi connectivity index (χ4n) is 0.739. The lowest BCUT2D eigenvalue weighted by Crippen LogP contribution is -2.43. The van der Waals surface area contributed by atoms with E-state index in [0.717, 1.165) is 0 Å². The summed E-state index contributed by atoms with van der Waals surface area (Å²) in [6, 6.07) is -0.925. The third kappa shape index (κ3) is 5.30. The van der Waals surface area contributed by atoms with Crippen LogP contribution >= 0.6 is 0 Å². The molecule has 0 aromatic rings. The second-order valence-electron chi connectivity index (χ2n) is 3.16. The van der Waals surface area contributed by atoms with E-state index in [2.05, 4.69) is 0 Å². The zero-order chi connectivity index (χ0) is 13.6. The number of primary amides is 1. The number of carboxylic acid groups (broad SMARTS) is 1. The van der Waals surface area contributed by atoms with Crippen LogP contribution in [0.25, 0.3) is 0 Å². The molecule has 5 N–H and O–H groups in total. The quantitative estimate of drug-likeness (QED) is 0.455. The fraction of sp³-hybridized carbons (Fsp3) is 0.333. The van der Waals surface area contributed by atoms with E-state index in [4.69, 9.17) is 10.8 Å². The van der Waals surface area contributed by atoms with Crippen molar-refractivity contribution in [2.45, 2.75) is 13.8 Å². The Kier molecular flexibility index (Phi) is 5.38. The maximum Gasteiger partial charge on any atom is 0.331 e. The molecule has 0 rings (SSSR count). The summed E-state index contributed by atoms with van der Waals surface area (Å²) in [7, 11) is 0. The Morgan fingerprint density at radius 1 is 1.12 bits per heavy atom. The minimum absolute atomic E-state index is 0.105. The molecule has 4 amide bonds. The fourth-order valence-corrected chi connectivity index (χ4v) is 0.739. The number of rotatable bonds is 4. The minimum Gasteiger partial charge on any atom is -0.478 e. The first-order valence-electron chi connectivity index (χ1n) is 4.54. The van der Waals surface area contributed by atoms with Crippen LogP contribution in [0.5, 0.6) is 0 Å². The summed E-state index contributed by atoms with van der Waals surface area (Å²) >= 11 is 0. The molecule has 0 aliphatic rings. The Bertz CT molecular complexity index is 399. The number of hydrogen-bond acceptors (Lipinski definition) is 4. The topological polar surface area (TPSA) is 139 Å². The summed E-state index contributed by atoms with van der Waals surface area (Å²) in [5, 5.41) is 12.5. The average molecular weight is 243 g/mol. The molecule has 0 unspecified atom stereocenters. The summed E-state index contributed by atoms with van der Waals surface area (Å²) < 4.78 is 0. The lowest BCUT2D eigenvalue weighted by molar-refractivity contribution is -0.133. The van der Waals surface area contributed by atoms with Crippen LogP contribution in [0.1, 0.15) is 13.8 Å². The van der Waals surface area contributed by atoms with Gasteiger partial charge in [-0.2, -0.15) is 0 Å². The smallest absolute Gasteiger partial charge is 0.331 e. The third-order valence-electron chi connectivity index (χ3n) is 1.87. The summed E-state index contributed by atoms with van der Waals surface area (Å²) in [6.07, 6.45) is 0. The van der Waals surface area contributed by atoms with E-state index in [9.17, 15) is 19.2 Å². The predicted molar refractivity (Wildman–Crippen MR) is 56.7 cm³/mol. The molecule has 0 aliphatic carbocycles. The molecular formula is C9H13N3O5. The molecule has 8 heteroatoms. The second kappa shape index (κ2) is 6.26. The van der Waals surface area contributed by atoms with Crippen LogP contribution in [0.15, 0.2) is 11.1 Å². The summed E-state index contributed by atoms with van der Waals surface area (Å²) in [5.74, 6) is -2.87. The number of aliphatic carboxylic acids is 1. The zero-order valence-electron chi connectivity index (χ0n) is 9.36. The molecule has 0 fully saturated rings. The number of nitrogens with two attached hydrogens (primary N) is 1. The van der Waals surface area contributed by atoms with Crippen molar-refractivity contribution < 1.29 is 24.3 Å². The van der Waals surface area contributed by atoms with Crippen LogP contribution in [-0.4, -0.2) is 35.5 Å². The second-order valence-corrected chi connectivity index (χ2v) is 3.16. The Labute approximate surface area is 96.8 Å². The van der Waals surface area contributed by atoms with Crippen molar-refractivity contribution in [3.05, 3.63) is 11.1 Å². The highest BCUT2D eigenvalue weighted by Gasteiger charge is 2.15. The molecule has 0 saturated carbocycles. The van der Waals surface area contributed by atoms with Gasteiger partial charge in [-0.15, -0.1) is 0 Å². The maximum atomic E-state index is 11.3. The largest absolute Gasteiger partial charge is 0.478 e. The standard InChI is InChI=1S/C9H13N3O5/c1-4(5(2)8(15)16)7(14)12-9(17)11-3-6(10)13/h3H2,1-2H3,(H2,10,13)(H,15,16)(H2,11,12,14,17). The van der Waals surface area contributed by atoms with Crippen molar-refractivity contribution in [3.8, 4) is 0 Å². The summed E-state index contributed by atoms with van der Waals surface area (Å²) in [6.45, 7) is 2.08. The molecule has 0 aromatic heterocycles. The number of amides is 4. The minimum atomic E-state index is -1.25. The average Bonchev–Trinajstić information content (AvgIpc) is 2.23. The van der Waals surface area contributed by atoms with Gasteiger partial charge in [0.2, 0.25) is 5.91 Å².